The van der Waals surface area contributed by atoms with Crippen molar-refractivity contribution in [3.8, 4) is 0 Å². The van der Waals surface area contributed by atoms with E-state index in [1.165, 1.54) is 29.6 Å². The van der Waals surface area contributed by atoms with Crippen LogP contribution in [-0.2, 0) is 10.0 Å². The van der Waals surface area contributed by atoms with Crippen LogP contribution in [0.25, 0.3) is 0 Å². The maximum Gasteiger partial charge on any atom is 0.242 e. The molecule has 0 radical (unpaired) electrons. The summed E-state index contributed by atoms with van der Waals surface area (Å²) in [7, 11) is -2.14. The molecule has 4 nitrogen and oxygen atoms in total. The highest BCUT2D eigenvalue weighted by molar-refractivity contribution is 7.89. The number of aliphatic hydroxyl groups excluding tert-OH is 1. The Hall–Kier alpha value is -0.980. The molecule has 0 amide bonds. The van der Waals surface area contributed by atoms with Gasteiger partial charge in [0, 0.05) is 13.6 Å². The van der Waals surface area contributed by atoms with E-state index in [0.717, 1.165) is 25.7 Å². The van der Waals surface area contributed by atoms with Crippen LogP contribution in [0.1, 0.15) is 31.2 Å². The highest BCUT2D eigenvalue weighted by atomic mass is 32.2. The first kappa shape index (κ1) is 16.4. The Bertz CT molecular complexity index is 603. The highest BCUT2D eigenvalue weighted by Gasteiger charge is 2.29. The minimum Gasteiger partial charge on any atom is -0.393 e. The van der Waals surface area contributed by atoms with Crippen molar-refractivity contribution < 1.29 is 17.9 Å². The van der Waals surface area contributed by atoms with E-state index >= 15 is 0 Å². The predicted octanol–water partition coefficient (Wildman–Crippen LogP) is 2.31. The van der Waals surface area contributed by atoms with E-state index in [4.69, 9.17) is 0 Å². The van der Waals surface area contributed by atoms with E-state index in [-0.39, 0.29) is 10.8 Å². The Morgan fingerprint density at radius 3 is 2.62 bits per heavy atom. The van der Waals surface area contributed by atoms with Crippen molar-refractivity contribution in [1.29, 1.82) is 0 Å². The summed E-state index contributed by atoms with van der Waals surface area (Å²) >= 11 is 0. The molecule has 2 atom stereocenters. The average molecular weight is 315 g/mol. The van der Waals surface area contributed by atoms with Gasteiger partial charge in [-0.05, 0) is 49.4 Å². The topological polar surface area (TPSA) is 57.6 Å². The maximum absolute atomic E-state index is 13.3. The van der Waals surface area contributed by atoms with Gasteiger partial charge in [0.25, 0.3) is 0 Å². The van der Waals surface area contributed by atoms with Gasteiger partial charge in [0.2, 0.25) is 10.0 Å². The summed E-state index contributed by atoms with van der Waals surface area (Å²) in [4.78, 5) is 0.0919. The van der Waals surface area contributed by atoms with Crippen LogP contribution < -0.4 is 0 Å². The fourth-order valence-corrected chi connectivity index (χ4v) is 4.10. The zero-order valence-corrected chi connectivity index (χ0v) is 13.2. The molecule has 118 valence electrons. The summed E-state index contributed by atoms with van der Waals surface area (Å²) < 4.78 is 39.5. The average Bonchev–Trinajstić information content (AvgIpc) is 2.44. The first-order valence-corrected chi connectivity index (χ1v) is 8.67. The van der Waals surface area contributed by atoms with E-state index in [0.29, 0.717) is 12.1 Å². The predicted molar refractivity (Wildman–Crippen MR) is 78.9 cm³/mol. The number of sulfonamides is 1. The van der Waals surface area contributed by atoms with Crippen LogP contribution in [0.15, 0.2) is 23.1 Å². The van der Waals surface area contributed by atoms with Crippen molar-refractivity contribution in [2.75, 3.05) is 13.6 Å². The largest absolute Gasteiger partial charge is 0.393 e. The molecule has 0 saturated heterocycles. The van der Waals surface area contributed by atoms with Crippen LogP contribution in [0.2, 0.25) is 0 Å². The first-order chi connectivity index (χ1) is 9.82. The lowest BCUT2D eigenvalue weighted by atomic mass is 9.86. The van der Waals surface area contributed by atoms with Crippen LogP contribution in [0, 0.1) is 18.7 Å². The molecule has 1 N–H and O–H groups in total. The van der Waals surface area contributed by atoms with Crippen LogP contribution in [0.3, 0.4) is 0 Å². The van der Waals surface area contributed by atoms with E-state index < -0.39 is 21.9 Å². The normalized spacial score (nSPS) is 23.5. The second-order valence-corrected chi connectivity index (χ2v) is 7.85. The Labute approximate surface area is 125 Å². The van der Waals surface area contributed by atoms with Crippen LogP contribution in [0.5, 0.6) is 0 Å². The molecule has 1 fully saturated rings. The van der Waals surface area contributed by atoms with Gasteiger partial charge in [0.05, 0.1) is 11.0 Å². The smallest absolute Gasteiger partial charge is 0.242 e. The van der Waals surface area contributed by atoms with Gasteiger partial charge in [0.1, 0.15) is 5.82 Å². The molecule has 21 heavy (non-hydrogen) atoms. The minimum absolute atomic E-state index is 0.0277. The quantitative estimate of drug-likeness (QED) is 0.927. The maximum atomic E-state index is 13.3. The first-order valence-electron chi connectivity index (χ1n) is 7.23. The molecule has 1 aromatic rings. The van der Waals surface area contributed by atoms with Gasteiger partial charge >= 0.3 is 0 Å². The molecule has 0 aliphatic heterocycles. The summed E-state index contributed by atoms with van der Waals surface area (Å²) in [5.74, 6) is -0.445. The Kier molecular flexibility index (Phi) is 5.01. The number of hydrogen-bond acceptors (Lipinski definition) is 3. The van der Waals surface area contributed by atoms with Crippen molar-refractivity contribution >= 4 is 10.0 Å². The number of aliphatic hydroxyl groups is 1. The molecule has 2 rings (SSSR count). The number of rotatable bonds is 4. The van der Waals surface area contributed by atoms with Crippen LogP contribution in [-0.4, -0.2) is 37.5 Å². The number of nitrogens with zero attached hydrogens (tertiary/aromatic N) is 1. The van der Waals surface area contributed by atoms with Gasteiger partial charge in [-0.15, -0.1) is 0 Å². The van der Waals surface area contributed by atoms with E-state index in [9.17, 15) is 17.9 Å². The lowest BCUT2D eigenvalue weighted by Crippen LogP contribution is -2.38. The van der Waals surface area contributed by atoms with E-state index in [2.05, 4.69) is 0 Å². The van der Waals surface area contributed by atoms with Gasteiger partial charge in [-0.25, -0.2) is 17.1 Å². The van der Waals surface area contributed by atoms with Crippen LogP contribution in [0.4, 0.5) is 4.39 Å². The lowest BCUT2D eigenvalue weighted by molar-refractivity contribution is 0.0620. The molecule has 0 bridgehead atoms. The molecule has 1 saturated carbocycles. The number of halogens is 1. The summed E-state index contributed by atoms with van der Waals surface area (Å²) in [5.41, 5.74) is 0.308. The molecule has 1 aliphatic rings. The molecule has 0 heterocycles. The zero-order valence-electron chi connectivity index (χ0n) is 12.4. The summed E-state index contributed by atoms with van der Waals surface area (Å²) in [6.45, 7) is 1.83. The molecule has 0 aromatic heterocycles. The third-order valence-corrected chi connectivity index (χ3v) is 6.02. The number of benzene rings is 1. The van der Waals surface area contributed by atoms with Crippen molar-refractivity contribution in [3.05, 3.63) is 29.6 Å². The third-order valence-electron chi connectivity index (χ3n) is 4.20. The SMILES string of the molecule is Cc1cc(S(=O)(=O)N(C)CC2CCCCC2O)ccc1F. The second kappa shape index (κ2) is 6.42. The zero-order chi connectivity index (χ0) is 15.6. The number of aryl methyl sites for hydroxylation is 1. The minimum atomic E-state index is -3.65. The summed E-state index contributed by atoms with van der Waals surface area (Å²) in [5, 5.41) is 9.96. The molecule has 1 aromatic carbocycles. The molecular formula is C15H22FNO3S. The number of hydrogen-bond donors (Lipinski definition) is 1. The highest BCUT2D eigenvalue weighted by Crippen LogP contribution is 2.27. The van der Waals surface area contributed by atoms with Crippen molar-refractivity contribution in [2.24, 2.45) is 5.92 Å². The Morgan fingerprint density at radius 2 is 2.00 bits per heavy atom. The molecular weight excluding hydrogens is 293 g/mol. The lowest BCUT2D eigenvalue weighted by Gasteiger charge is -2.30. The summed E-state index contributed by atoms with van der Waals surface area (Å²) in [6.07, 6.45) is 3.14. The second-order valence-electron chi connectivity index (χ2n) is 5.81. The van der Waals surface area contributed by atoms with Gasteiger partial charge in [0.15, 0.2) is 0 Å². The molecule has 6 heteroatoms. The third kappa shape index (κ3) is 3.62. The van der Waals surface area contributed by atoms with E-state index in [1.54, 1.807) is 6.92 Å². The molecule has 1 aliphatic carbocycles. The molecule has 0 spiro atoms. The van der Waals surface area contributed by atoms with Gasteiger partial charge < -0.3 is 5.11 Å². The van der Waals surface area contributed by atoms with Gasteiger partial charge in [-0.2, -0.15) is 0 Å². The monoisotopic (exact) mass is 315 g/mol. The Morgan fingerprint density at radius 1 is 1.33 bits per heavy atom. The van der Waals surface area contributed by atoms with E-state index in [1.807, 2.05) is 0 Å². The van der Waals surface area contributed by atoms with Gasteiger partial charge in [-0.3, -0.25) is 0 Å². The van der Waals surface area contributed by atoms with Gasteiger partial charge in [-0.1, -0.05) is 12.8 Å². The standard InChI is InChI=1S/C15H22FNO3S/c1-11-9-13(7-8-14(11)16)21(19,20)17(2)10-12-5-3-4-6-15(12)18/h7-9,12,15,18H,3-6,10H2,1-2H3. The van der Waals surface area contributed by atoms with Crippen LogP contribution >= 0.6 is 0 Å². The fraction of sp³-hybridized carbons (Fsp3) is 0.600. The molecule has 2 unspecified atom stereocenters. The van der Waals surface area contributed by atoms with Crippen molar-refractivity contribution in [1.82, 2.24) is 4.31 Å². The Balaban J connectivity index is 2.16. The summed E-state index contributed by atoms with van der Waals surface area (Å²) in [6, 6.07) is 3.80. The fourth-order valence-electron chi connectivity index (χ4n) is 2.79. The van der Waals surface area contributed by atoms with Crippen molar-refractivity contribution in [3.63, 3.8) is 0 Å². The van der Waals surface area contributed by atoms with Crippen molar-refractivity contribution in [2.45, 2.75) is 43.6 Å².